The van der Waals surface area contributed by atoms with Gasteiger partial charge in [-0.3, -0.25) is 0 Å². The molecule has 18 heavy (non-hydrogen) atoms. The SMILES string of the molecule is C=CCC[N+](CC)(CC)CCc1ccccc1.[Br-]. The number of halogens is 1. The Balaban J connectivity index is 0.00000289. The highest BCUT2D eigenvalue weighted by Gasteiger charge is 2.21. The average molecular weight is 312 g/mol. The predicted molar refractivity (Wildman–Crippen MR) is 76.0 cm³/mol. The largest absolute Gasteiger partial charge is 1.00 e. The molecule has 0 saturated heterocycles. The van der Waals surface area contributed by atoms with Crippen LogP contribution < -0.4 is 17.0 Å². The summed E-state index contributed by atoms with van der Waals surface area (Å²) >= 11 is 0. The fourth-order valence-electron chi connectivity index (χ4n) is 2.34. The molecule has 0 saturated carbocycles. The first-order valence-electron chi connectivity index (χ1n) is 6.76. The van der Waals surface area contributed by atoms with Crippen LogP contribution in [0.5, 0.6) is 0 Å². The van der Waals surface area contributed by atoms with E-state index in [2.05, 4.69) is 50.8 Å². The topological polar surface area (TPSA) is 0 Å². The molecule has 1 nitrogen and oxygen atoms in total. The van der Waals surface area contributed by atoms with Crippen LogP contribution in [-0.4, -0.2) is 30.7 Å². The van der Waals surface area contributed by atoms with Gasteiger partial charge >= 0.3 is 0 Å². The summed E-state index contributed by atoms with van der Waals surface area (Å²) in [7, 11) is 0. The Hall–Kier alpha value is -0.600. The molecule has 0 unspecified atom stereocenters. The van der Waals surface area contributed by atoms with Crippen LogP contribution in [0.2, 0.25) is 0 Å². The van der Waals surface area contributed by atoms with Gasteiger partial charge in [-0.15, -0.1) is 6.58 Å². The number of hydrogen-bond acceptors (Lipinski definition) is 0. The minimum atomic E-state index is 0. The van der Waals surface area contributed by atoms with Gasteiger partial charge in [0.1, 0.15) is 0 Å². The van der Waals surface area contributed by atoms with Crippen LogP contribution >= 0.6 is 0 Å². The van der Waals surface area contributed by atoms with Crippen LogP contribution in [0.15, 0.2) is 43.0 Å². The third kappa shape index (κ3) is 5.36. The van der Waals surface area contributed by atoms with Crippen LogP contribution in [0, 0.1) is 0 Å². The van der Waals surface area contributed by atoms with E-state index < -0.39 is 0 Å². The summed E-state index contributed by atoms with van der Waals surface area (Å²) in [4.78, 5) is 0. The molecule has 1 rings (SSSR count). The Morgan fingerprint density at radius 3 is 2.17 bits per heavy atom. The minimum Gasteiger partial charge on any atom is -1.00 e. The summed E-state index contributed by atoms with van der Waals surface area (Å²) in [6, 6.07) is 10.8. The molecule has 0 spiro atoms. The maximum Gasteiger partial charge on any atom is 0.0827 e. The lowest BCUT2D eigenvalue weighted by molar-refractivity contribution is -0.924. The molecule has 1 aromatic rings. The maximum atomic E-state index is 3.84. The summed E-state index contributed by atoms with van der Waals surface area (Å²) in [5, 5.41) is 0. The van der Waals surface area contributed by atoms with Crippen molar-refractivity contribution in [1.82, 2.24) is 0 Å². The van der Waals surface area contributed by atoms with E-state index in [0.717, 1.165) is 6.42 Å². The van der Waals surface area contributed by atoms with Crippen molar-refractivity contribution >= 4 is 0 Å². The number of benzene rings is 1. The predicted octanol–water partition coefficient (Wildman–Crippen LogP) is 0.666. The van der Waals surface area contributed by atoms with Gasteiger partial charge in [-0.25, -0.2) is 0 Å². The van der Waals surface area contributed by atoms with Crippen molar-refractivity contribution in [2.45, 2.75) is 26.7 Å². The van der Waals surface area contributed by atoms with E-state index in [0.29, 0.717) is 0 Å². The molecule has 0 N–H and O–H groups in total. The molecule has 0 aromatic heterocycles. The smallest absolute Gasteiger partial charge is 0.0827 e. The molecule has 0 aliphatic carbocycles. The Morgan fingerprint density at radius 1 is 1.06 bits per heavy atom. The van der Waals surface area contributed by atoms with E-state index in [9.17, 15) is 0 Å². The lowest BCUT2D eigenvalue weighted by Crippen LogP contribution is -3.00. The van der Waals surface area contributed by atoms with Crippen molar-refractivity contribution in [2.75, 3.05) is 26.2 Å². The third-order valence-electron chi connectivity index (χ3n) is 3.87. The summed E-state index contributed by atoms with van der Waals surface area (Å²) in [5.41, 5.74) is 1.45. The molecule has 2 heteroatoms. The van der Waals surface area contributed by atoms with Gasteiger partial charge in [0.15, 0.2) is 0 Å². The van der Waals surface area contributed by atoms with Gasteiger partial charge in [-0.2, -0.15) is 0 Å². The van der Waals surface area contributed by atoms with Crippen LogP contribution in [0.1, 0.15) is 25.8 Å². The number of likely N-dealkylation sites (N-methyl/N-ethyl adjacent to an activating group) is 1. The summed E-state index contributed by atoms with van der Waals surface area (Å²) < 4.78 is 1.21. The van der Waals surface area contributed by atoms with Gasteiger partial charge in [0, 0.05) is 12.8 Å². The molecule has 0 fully saturated rings. The number of rotatable bonds is 8. The molecule has 1 aromatic carbocycles. The van der Waals surface area contributed by atoms with E-state index in [1.807, 2.05) is 6.08 Å². The van der Waals surface area contributed by atoms with Crippen LogP contribution in [0.25, 0.3) is 0 Å². The van der Waals surface area contributed by atoms with Gasteiger partial charge in [0.2, 0.25) is 0 Å². The first kappa shape index (κ1) is 17.4. The second-order valence-electron chi connectivity index (χ2n) is 4.73. The van der Waals surface area contributed by atoms with E-state index in [4.69, 9.17) is 0 Å². The van der Waals surface area contributed by atoms with Crippen molar-refractivity contribution < 1.29 is 21.5 Å². The standard InChI is InChI=1S/C16H26N.BrH/c1-4-7-14-17(5-2,6-3)15-13-16-11-9-8-10-12-16;/h4,8-12H,1,5-7,13-15H2,2-3H3;1H/q+1;/p-1. The van der Waals surface area contributed by atoms with Gasteiger partial charge in [0.25, 0.3) is 0 Å². The number of nitrogens with zero attached hydrogens (tertiary/aromatic N) is 1. The number of hydrogen-bond donors (Lipinski definition) is 0. The fourth-order valence-corrected chi connectivity index (χ4v) is 2.34. The molecule has 102 valence electrons. The van der Waals surface area contributed by atoms with Crippen molar-refractivity contribution in [1.29, 1.82) is 0 Å². The van der Waals surface area contributed by atoms with E-state index >= 15 is 0 Å². The zero-order valence-electron chi connectivity index (χ0n) is 11.7. The lowest BCUT2D eigenvalue weighted by Gasteiger charge is -2.36. The van der Waals surface area contributed by atoms with Gasteiger partial charge in [-0.1, -0.05) is 36.4 Å². The molecule has 0 heterocycles. The second-order valence-corrected chi connectivity index (χ2v) is 4.73. The Morgan fingerprint density at radius 2 is 1.67 bits per heavy atom. The average Bonchev–Trinajstić information content (AvgIpc) is 2.41. The summed E-state index contributed by atoms with van der Waals surface area (Å²) in [6.45, 7) is 13.4. The van der Waals surface area contributed by atoms with Crippen LogP contribution in [-0.2, 0) is 6.42 Å². The van der Waals surface area contributed by atoms with E-state index in [1.165, 1.54) is 42.6 Å². The maximum absolute atomic E-state index is 3.84. The van der Waals surface area contributed by atoms with E-state index in [1.54, 1.807) is 0 Å². The van der Waals surface area contributed by atoms with Crippen LogP contribution in [0.4, 0.5) is 0 Å². The molecular weight excluding hydrogens is 286 g/mol. The highest BCUT2D eigenvalue weighted by Crippen LogP contribution is 2.11. The highest BCUT2D eigenvalue weighted by molar-refractivity contribution is 5.14. The molecule has 0 bridgehead atoms. The van der Waals surface area contributed by atoms with Gasteiger partial charge in [-0.05, 0) is 19.4 Å². The van der Waals surface area contributed by atoms with Crippen molar-refractivity contribution in [3.63, 3.8) is 0 Å². The minimum absolute atomic E-state index is 0. The molecule has 0 radical (unpaired) electrons. The Labute approximate surface area is 123 Å². The van der Waals surface area contributed by atoms with E-state index in [-0.39, 0.29) is 17.0 Å². The zero-order chi connectivity index (χ0) is 12.6. The second kappa shape index (κ2) is 9.35. The summed E-state index contributed by atoms with van der Waals surface area (Å²) in [6.07, 6.45) is 4.34. The Kier molecular flexibility index (Phi) is 9.03. The van der Waals surface area contributed by atoms with Crippen molar-refractivity contribution in [3.8, 4) is 0 Å². The molecule has 0 aliphatic heterocycles. The first-order chi connectivity index (χ1) is 8.26. The molecular formula is C16H26BrN. The normalized spacial score (nSPS) is 10.8. The lowest BCUT2D eigenvalue weighted by atomic mass is 10.1. The van der Waals surface area contributed by atoms with Crippen molar-refractivity contribution in [3.05, 3.63) is 48.6 Å². The summed E-state index contributed by atoms with van der Waals surface area (Å²) in [5.74, 6) is 0. The zero-order valence-corrected chi connectivity index (χ0v) is 13.3. The van der Waals surface area contributed by atoms with Crippen LogP contribution in [0.3, 0.4) is 0 Å². The highest BCUT2D eigenvalue weighted by atomic mass is 79.9. The molecule has 0 aliphatic rings. The quantitative estimate of drug-likeness (QED) is 0.489. The molecule has 0 atom stereocenters. The fraction of sp³-hybridized carbons (Fsp3) is 0.500. The van der Waals surface area contributed by atoms with Crippen molar-refractivity contribution in [2.24, 2.45) is 0 Å². The Bertz CT molecular complexity index is 317. The number of quaternary nitrogens is 1. The molecule has 0 amide bonds. The van der Waals surface area contributed by atoms with Gasteiger partial charge in [0.05, 0.1) is 26.2 Å². The monoisotopic (exact) mass is 311 g/mol. The van der Waals surface area contributed by atoms with Gasteiger partial charge < -0.3 is 21.5 Å². The first-order valence-corrected chi connectivity index (χ1v) is 6.76. The third-order valence-corrected chi connectivity index (χ3v) is 3.87.